The number of methoxy groups -OCH3 is 2. The average molecular weight is 771 g/mol. The second-order valence-electron chi connectivity index (χ2n) is 14.9. The molecule has 1 N–H and O–H groups in total. The smallest absolute Gasteiger partial charge is 0.256 e. The zero-order chi connectivity index (χ0) is 33.4. The van der Waals surface area contributed by atoms with Gasteiger partial charge in [0.1, 0.15) is 0 Å². The Labute approximate surface area is 295 Å². The summed E-state index contributed by atoms with van der Waals surface area (Å²) in [6, 6.07) is 7.21. The van der Waals surface area contributed by atoms with Gasteiger partial charge in [-0.05, 0) is 87.7 Å². The number of benzene rings is 2. The van der Waals surface area contributed by atoms with Crippen LogP contribution in [0.15, 0.2) is 29.3 Å². The zero-order valence-corrected chi connectivity index (χ0v) is 30.0. The molecule has 0 aromatic heterocycles. The lowest BCUT2D eigenvalue weighted by molar-refractivity contribution is 0.0177. The van der Waals surface area contributed by atoms with Crippen LogP contribution in [0.2, 0.25) is 0 Å². The van der Waals surface area contributed by atoms with Crippen LogP contribution in [0.5, 0.6) is 23.0 Å². The summed E-state index contributed by atoms with van der Waals surface area (Å²) in [6.45, 7) is 4.43. The van der Waals surface area contributed by atoms with Crippen molar-refractivity contribution in [3.8, 4) is 23.0 Å². The number of unbranched alkanes of at least 4 members (excludes halogenated alkanes) is 2. The SMILES string of the molecule is COc1cc2c(cc1OCCCCCOc1cc3c(cc1OC)C(=O)N1CC4(CC4)C[C@@]1(C)[C@H](O)N3I)N=CC1CC3(CC3)CN1C2=O. The second-order valence-corrected chi connectivity index (χ2v) is 15.9. The number of nitrogens with zero attached hydrogens (tertiary/aromatic N) is 4. The summed E-state index contributed by atoms with van der Waals surface area (Å²) < 4.78 is 25.4. The van der Waals surface area contributed by atoms with Crippen LogP contribution < -0.4 is 22.1 Å². The van der Waals surface area contributed by atoms with Crippen molar-refractivity contribution in [1.29, 1.82) is 0 Å². The third kappa shape index (κ3) is 5.28. The minimum Gasteiger partial charge on any atom is -0.493 e. The minimum absolute atomic E-state index is 0.0160. The molecule has 2 aliphatic carbocycles. The van der Waals surface area contributed by atoms with E-state index in [4.69, 9.17) is 23.9 Å². The van der Waals surface area contributed by atoms with Crippen LogP contribution in [-0.4, -0.2) is 91.3 Å². The third-order valence-corrected chi connectivity index (χ3v) is 12.6. The first-order chi connectivity index (χ1) is 23.1. The fraction of sp³-hybridized carbons (Fsp3) is 0.583. The van der Waals surface area contributed by atoms with E-state index in [0.717, 1.165) is 51.5 Å². The lowest BCUT2D eigenvalue weighted by atomic mass is 9.91. The largest absolute Gasteiger partial charge is 0.493 e. The van der Waals surface area contributed by atoms with Crippen LogP contribution in [0.25, 0.3) is 0 Å². The molecular weight excluding hydrogens is 727 g/mol. The van der Waals surface area contributed by atoms with E-state index >= 15 is 0 Å². The Morgan fingerprint density at radius 2 is 1.50 bits per heavy atom. The standard InChI is InChI=1S/C36H43IN4O7/c1-34-19-36(9-10-36)21-40(34)32(43)24-14-28(46-3)30(16-26(24)41(37)33(34)44)48-12-6-4-5-11-47-29-15-25-23(13-27(29)45-2)31(42)39-20-35(7-8-35)17-22(39)18-38-25/h13-16,18,22,33,44H,4-12,17,19-21H2,1-3H3/t22?,33-,34-/m0/s1. The number of hydrogen-bond donors (Lipinski definition) is 1. The van der Waals surface area contributed by atoms with E-state index in [1.807, 2.05) is 35.1 Å². The van der Waals surface area contributed by atoms with Gasteiger partial charge in [-0.15, -0.1) is 0 Å². The number of halogens is 1. The fourth-order valence-electron chi connectivity index (χ4n) is 8.32. The van der Waals surface area contributed by atoms with Crippen LogP contribution in [0.3, 0.4) is 0 Å². The molecule has 256 valence electrons. The molecule has 0 bridgehead atoms. The van der Waals surface area contributed by atoms with E-state index in [1.165, 1.54) is 12.8 Å². The fourth-order valence-corrected chi connectivity index (χ4v) is 9.32. The molecule has 8 rings (SSSR count). The van der Waals surface area contributed by atoms with Crippen molar-refractivity contribution in [2.24, 2.45) is 15.8 Å². The van der Waals surface area contributed by atoms with E-state index in [9.17, 15) is 14.7 Å². The van der Waals surface area contributed by atoms with Crippen LogP contribution in [0, 0.1) is 10.8 Å². The topological polar surface area (TPSA) is 113 Å². The van der Waals surface area contributed by atoms with E-state index in [-0.39, 0.29) is 23.3 Å². The molecule has 4 fully saturated rings. The predicted molar refractivity (Wildman–Crippen MR) is 188 cm³/mol. The van der Waals surface area contributed by atoms with Crippen LogP contribution in [-0.2, 0) is 0 Å². The summed E-state index contributed by atoms with van der Waals surface area (Å²) in [4.78, 5) is 35.8. The lowest BCUT2D eigenvalue weighted by Gasteiger charge is -2.39. The van der Waals surface area contributed by atoms with Gasteiger partial charge in [-0.3, -0.25) is 17.7 Å². The molecule has 2 spiro atoms. The molecule has 3 atom stereocenters. The lowest BCUT2D eigenvalue weighted by Crippen LogP contribution is -2.55. The summed E-state index contributed by atoms with van der Waals surface area (Å²) in [5.41, 5.74) is 2.13. The van der Waals surface area contributed by atoms with Gasteiger partial charge in [-0.1, -0.05) is 0 Å². The number of carbonyl (C=O) groups is 2. The summed E-state index contributed by atoms with van der Waals surface area (Å²) in [6.07, 6.45) is 9.93. The van der Waals surface area contributed by atoms with Crippen molar-refractivity contribution in [3.05, 3.63) is 35.4 Å². The van der Waals surface area contributed by atoms with Gasteiger partial charge in [0, 0.05) is 31.4 Å². The molecule has 48 heavy (non-hydrogen) atoms. The monoisotopic (exact) mass is 770 g/mol. The zero-order valence-electron chi connectivity index (χ0n) is 27.8. The Balaban J connectivity index is 0.872. The molecule has 6 aliphatic rings. The number of hydrogen-bond acceptors (Lipinski definition) is 9. The van der Waals surface area contributed by atoms with Gasteiger partial charge < -0.3 is 33.9 Å². The number of fused-ring (bicyclic) bond motifs is 4. The molecule has 2 aromatic rings. The molecule has 2 amide bonds. The number of carbonyl (C=O) groups excluding carboxylic acids is 2. The van der Waals surface area contributed by atoms with Crippen molar-refractivity contribution >= 4 is 52.3 Å². The first kappa shape index (κ1) is 32.0. The number of aliphatic imine (C=N–C) groups is 1. The Morgan fingerprint density at radius 3 is 2.15 bits per heavy atom. The molecule has 2 saturated carbocycles. The molecule has 12 heteroatoms. The first-order valence-electron chi connectivity index (χ1n) is 17.1. The molecule has 4 heterocycles. The molecule has 1 unspecified atom stereocenters. The summed E-state index contributed by atoms with van der Waals surface area (Å²) >= 11 is 2.12. The van der Waals surface area contributed by atoms with Gasteiger partial charge in [0.25, 0.3) is 11.8 Å². The van der Waals surface area contributed by atoms with Gasteiger partial charge in [0.2, 0.25) is 0 Å². The first-order valence-corrected chi connectivity index (χ1v) is 18.1. The number of aliphatic hydroxyl groups excluding tert-OH is 1. The summed E-state index contributed by atoms with van der Waals surface area (Å²) in [5, 5.41) is 11.5. The molecule has 4 aliphatic heterocycles. The van der Waals surface area contributed by atoms with Gasteiger partial charge >= 0.3 is 0 Å². The Kier molecular flexibility index (Phi) is 7.77. The van der Waals surface area contributed by atoms with E-state index in [0.29, 0.717) is 70.7 Å². The third-order valence-electron chi connectivity index (χ3n) is 11.5. The van der Waals surface area contributed by atoms with Crippen molar-refractivity contribution in [1.82, 2.24) is 9.80 Å². The number of amides is 2. The minimum atomic E-state index is -0.845. The maximum absolute atomic E-state index is 13.8. The predicted octanol–water partition coefficient (Wildman–Crippen LogP) is 5.92. The number of rotatable bonds is 10. The van der Waals surface area contributed by atoms with Crippen molar-refractivity contribution in [2.45, 2.75) is 82.5 Å². The van der Waals surface area contributed by atoms with Gasteiger partial charge in [-0.2, -0.15) is 0 Å². The highest BCUT2D eigenvalue weighted by molar-refractivity contribution is 14.1. The normalized spacial score (nSPS) is 26.9. The molecule has 2 aromatic carbocycles. The Hall–Kier alpha value is -3.26. The van der Waals surface area contributed by atoms with Crippen LogP contribution >= 0.6 is 22.9 Å². The average Bonchev–Trinajstić information content (AvgIpc) is 3.98. The Bertz CT molecular complexity index is 1690. The highest BCUT2D eigenvalue weighted by Gasteiger charge is 2.63. The van der Waals surface area contributed by atoms with Crippen molar-refractivity contribution in [3.63, 3.8) is 0 Å². The summed E-state index contributed by atoms with van der Waals surface area (Å²) in [5.74, 6) is 2.09. The van der Waals surface area contributed by atoms with E-state index < -0.39 is 11.8 Å². The van der Waals surface area contributed by atoms with Gasteiger partial charge in [0.15, 0.2) is 29.2 Å². The maximum atomic E-state index is 13.8. The van der Waals surface area contributed by atoms with Crippen LogP contribution in [0.1, 0.15) is 85.4 Å². The molecule has 0 radical (unpaired) electrons. The summed E-state index contributed by atoms with van der Waals surface area (Å²) in [7, 11) is 3.17. The van der Waals surface area contributed by atoms with Crippen molar-refractivity contribution in [2.75, 3.05) is 43.6 Å². The quantitative estimate of drug-likeness (QED) is 0.180. The highest BCUT2D eigenvalue weighted by atomic mass is 127. The van der Waals surface area contributed by atoms with Crippen LogP contribution in [0.4, 0.5) is 11.4 Å². The van der Waals surface area contributed by atoms with Gasteiger partial charge in [0.05, 0.1) is 84.4 Å². The van der Waals surface area contributed by atoms with E-state index in [1.54, 1.807) is 29.5 Å². The van der Waals surface area contributed by atoms with Gasteiger partial charge in [-0.25, -0.2) is 0 Å². The number of aliphatic hydroxyl groups is 1. The molecule has 11 nitrogen and oxygen atoms in total. The molecular formula is C36H43IN4O7. The van der Waals surface area contributed by atoms with E-state index in [2.05, 4.69) is 22.9 Å². The highest BCUT2D eigenvalue weighted by Crippen LogP contribution is 2.61. The molecule has 2 saturated heterocycles. The Morgan fingerprint density at radius 1 is 0.854 bits per heavy atom. The van der Waals surface area contributed by atoms with Crippen molar-refractivity contribution < 1.29 is 33.6 Å². The number of ether oxygens (including phenoxy) is 4. The maximum Gasteiger partial charge on any atom is 0.256 e. The number of anilines is 1. The second kappa shape index (κ2) is 11.7.